The van der Waals surface area contributed by atoms with Crippen molar-refractivity contribution in [2.75, 3.05) is 37.6 Å². The molecular formula is C12H21N3OS2. The van der Waals surface area contributed by atoms with Crippen molar-refractivity contribution in [3.05, 3.63) is 4.88 Å². The molecule has 0 unspecified atom stereocenters. The minimum Gasteiger partial charge on any atom is -0.480 e. The molecule has 0 atom stereocenters. The number of aromatic nitrogens is 1. The quantitative estimate of drug-likeness (QED) is 0.898. The second-order valence-electron chi connectivity index (χ2n) is 4.59. The summed E-state index contributed by atoms with van der Waals surface area (Å²) in [6.45, 7) is 0.865. The van der Waals surface area contributed by atoms with E-state index >= 15 is 0 Å². The maximum atomic E-state index is 5.34. The third kappa shape index (κ3) is 3.52. The molecule has 0 aliphatic carbocycles. The molecule has 0 spiro atoms. The summed E-state index contributed by atoms with van der Waals surface area (Å²) in [5.74, 6) is 3.32. The molecule has 0 aromatic carbocycles. The second kappa shape index (κ2) is 6.63. The van der Waals surface area contributed by atoms with Gasteiger partial charge in [-0.25, -0.2) is 0 Å². The molecule has 6 heteroatoms. The molecule has 0 amide bonds. The van der Waals surface area contributed by atoms with Gasteiger partial charge < -0.3 is 15.0 Å². The molecule has 4 nitrogen and oxygen atoms in total. The van der Waals surface area contributed by atoms with Crippen LogP contribution in [0.2, 0.25) is 0 Å². The van der Waals surface area contributed by atoms with Crippen molar-refractivity contribution >= 4 is 28.2 Å². The number of hydrogen-bond acceptors (Lipinski definition) is 6. The van der Waals surface area contributed by atoms with E-state index in [0.717, 1.165) is 17.6 Å². The SMILES string of the molecule is COc1nc(N(C)C)sc1CNC1CCSCC1. The van der Waals surface area contributed by atoms with Crippen LogP contribution in [0.4, 0.5) is 5.13 Å². The molecule has 102 valence electrons. The molecule has 2 heterocycles. The first-order valence-corrected chi connectivity index (χ1v) is 8.20. The average molecular weight is 287 g/mol. The first kappa shape index (κ1) is 14.0. The highest BCUT2D eigenvalue weighted by Crippen LogP contribution is 2.30. The normalized spacial score (nSPS) is 16.8. The number of thioether (sulfide) groups is 1. The van der Waals surface area contributed by atoms with Crippen molar-refractivity contribution < 1.29 is 4.74 Å². The fraction of sp³-hybridized carbons (Fsp3) is 0.750. The van der Waals surface area contributed by atoms with Gasteiger partial charge in [0.2, 0.25) is 5.88 Å². The van der Waals surface area contributed by atoms with E-state index < -0.39 is 0 Å². The molecule has 18 heavy (non-hydrogen) atoms. The Morgan fingerprint density at radius 1 is 1.39 bits per heavy atom. The van der Waals surface area contributed by atoms with Gasteiger partial charge in [0.15, 0.2) is 5.13 Å². The molecule has 1 saturated heterocycles. The van der Waals surface area contributed by atoms with E-state index in [9.17, 15) is 0 Å². The van der Waals surface area contributed by atoms with Crippen LogP contribution in [0.25, 0.3) is 0 Å². The summed E-state index contributed by atoms with van der Waals surface area (Å²) < 4.78 is 5.34. The summed E-state index contributed by atoms with van der Waals surface area (Å²) in [6.07, 6.45) is 2.54. The zero-order valence-corrected chi connectivity index (χ0v) is 12.9. The van der Waals surface area contributed by atoms with Gasteiger partial charge in [0.25, 0.3) is 0 Å². The fourth-order valence-corrected chi connectivity index (χ4v) is 3.94. The van der Waals surface area contributed by atoms with Crippen molar-refractivity contribution in [3.63, 3.8) is 0 Å². The van der Waals surface area contributed by atoms with Gasteiger partial charge in [0.05, 0.1) is 12.0 Å². The van der Waals surface area contributed by atoms with E-state index in [1.54, 1.807) is 18.4 Å². The van der Waals surface area contributed by atoms with Crippen LogP contribution >= 0.6 is 23.1 Å². The number of anilines is 1. The highest BCUT2D eigenvalue weighted by Gasteiger charge is 2.16. The van der Waals surface area contributed by atoms with Gasteiger partial charge in [-0.05, 0) is 24.3 Å². The molecule has 1 aliphatic heterocycles. The topological polar surface area (TPSA) is 37.4 Å². The van der Waals surface area contributed by atoms with E-state index in [-0.39, 0.29) is 0 Å². The lowest BCUT2D eigenvalue weighted by atomic mass is 10.1. The summed E-state index contributed by atoms with van der Waals surface area (Å²) in [5.41, 5.74) is 0. The van der Waals surface area contributed by atoms with Crippen molar-refractivity contribution in [2.45, 2.75) is 25.4 Å². The Morgan fingerprint density at radius 3 is 2.72 bits per heavy atom. The number of nitrogens with zero attached hydrogens (tertiary/aromatic N) is 2. The standard InChI is InChI=1S/C12H21N3OS2/c1-15(2)12-14-11(16-3)10(18-12)8-13-9-4-6-17-7-5-9/h9,13H,4-8H2,1-3H3. The number of methoxy groups -OCH3 is 1. The average Bonchev–Trinajstić information content (AvgIpc) is 2.81. The Bertz CT molecular complexity index is 375. The first-order valence-electron chi connectivity index (χ1n) is 6.23. The third-order valence-corrected chi connectivity index (χ3v) is 5.25. The molecule has 0 radical (unpaired) electrons. The van der Waals surface area contributed by atoms with Crippen LogP contribution in [0.3, 0.4) is 0 Å². The van der Waals surface area contributed by atoms with Crippen molar-refractivity contribution in [1.82, 2.24) is 10.3 Å². The minimum absolute atomic E-state index is 0.654. The summed E-state index contributed by atoms with van der Waals surface area (Å²) >= 11 is 3.76. The van der Waals surface area contributed by atoms with Crippen LogP contribution < -0.4 is 15.0 Å². The smallest absolute Gasteiger partial charge is 0.230 e. The Morgan fingerprint density at radius 2 is 2.11 bits per heavy atom. The molecule has 1 N–H and O–H groups in total. The first-order chi connectivity index (χ1) is 8.70. The highest BCUT2D eigenvalue weighted by atomic mass is 32.2. The van der Waals surface area contributed by atoms with Gasteiger partial charge in [-0.1, -0.05) is 11.3 Å². The largest absolute Gasteiger partial charge is 0.480 e. The molecule has 1 aromatic heterocycles. The van der Waals surface area contributed by atoms with Crippen LogP contribution in [0, 0.1) is 0 Å². The Labute approximate surface area is 117 Å². The highest BCUT2D eigenvalue weighted by molar-refractivity contribution is 7.99. The second-order valence-corrected chi connectivity index (χ2v) is 6.88. The lowest BCUT2D eigenvalue weighted by Gasteiger charge is -2.22. The summed E-state index contributed by atoms with van der Waals surface area (Å²) in [5, 5.41) is 4.63. The predicted molar refractivity (Wildman–Crippen MR) is 80.2 cm³/mol. The predicted octanol–water partition coefficient (Wildman–Crippen LogP) is 2.20. The monoisotopic (exact) mass is 287 g/mol. The van der Waals surface area contributed by atoms with E-state index in [0.29, 0.717) is 6.04 Å². The van der Waals surface area contributed by atoms with E-state index in [1.807, 2.05) is 19.0 Å². The van der Waals surface area contributed by atoms with Gasteiger partial charge in [-0.3, -0.25) is 0 Å². The Balaban J connectivity index is 1.94. The maximum absolute atomic E-state index is 5.34. The van der Waals surface area contributed by atoms with Crippen LogP contribution in [-0.2, 0) is 6.54 Å². The number of ether oxygens (including phenoxy) is 1. The minimum atomic E-state index is 0.654. The van der Waals surface area contributed by atoms with Crippen LogP contribution in [-0.4, -0.2) is 43.7 Å². The van der Waals surface area contributed by atoms with Gasteiger partial charge in [-0.2, -0.15) is 16.7 Å². The molecule has 0 saturated carbocycles. The molecule has 1 aromatic rings. The van der Waals surface area contributed by atoms with E-state index in [2.05, 4.69) is 22.1 Å². The van der Waals surface area contributed by atoms with E-state index in [1.165, 1.54) is 29.2 Å². The Kier molecular flexibility index (Phi) is 5.14. The maximum Gasteiger partial charge on any atom is 0.230 e. The summed E-state index contributed by atoms with van der Waals surface area (Å²) in [7, 11) is 5.71. The number of hydrogen-bond donors (Lipinski definition) is 1. The molecule has 1 fully saturated rings. The van der Waals surface area contributed by atoms with E-state index in [4.69, 9.17) is 4.74 Å². The summed E-state index contributed by atoms with van der Waals surface area (Å²) in [4.78, 5) is 7.69. The van der Waals surface area contributed by atoms with Crippen LogP contribution in [0.5, 0.6) is 5.88 Å². The van der Waals surface area contributed by atoms with Gasteiger partial charge in [0.1, 0.15) is 0 Å². The van der Waals surface area contributed by atoms with Crippen molar-refractivity contribution in [1.29, 1.82) is 0 Å². The molecule has 1 aliphatic rings. The van der Waals surface area contributed by atoms with Gasteiger partial charge >= 0.3 is 0 Å². The number of nitrogens with one attached hydrogen (secondary N) is 1. The van der Waals surface area contributed by atoms with Gasteiger partial charge in [-0.15, -0.1) is 0 Å². The molecule has 0 bridgehead atoms. The zero-order chi connectivity index (χ0) is 13.0. The summed E-state index contributed by atoms with van der Waals surface area (Å²) in [6, 6.07) is 0.654. The zero-order valence-electron chi connectivity index (χ0n) is 11.2. The fourth-order valence-electron chi connectivity index (χ4n) is 1.93. The van der Waals surface area contributed by atoms with Crippen molar-refractivity contribution in [2.24, 2.45) is 0 Å². The molecule has 2 rings (SSSR count). The third-order valence-electron chi connectivity index (χ3n) is 3.00. The number of rotatable bonds is 5. The number of thiazole rings is 1. The van der Waals surface area contributed by atoms with Crippen molar-refractivity contribution in [3.8, 4) is 5.88 Å². The lowest BCUT2D eigenvalue weighted by Crippen LogP contribution is -2.31. The van der Waals surface area contributed by atoms with Crippen LogP contribution in [0.15, 0.2) is 0 Å². The van der Waals surface area contributed by atoms with Crippen LogP contribution in [0.1, 0.15) is 17.7 Å². The van der Waals surface area contributed by atoms with Gasteiger partial charge in [0, 0.05) is 26.7 Å². The molecular weight excluding hydrogens is 266 g/mol. The lowest BCUT2D eigenvalue weighted by molar-refractivity contribution is 0.391. The Hall–Kier alpha value is -0.460.